The van der Waals surface area contributed by atoms with Crippen molar-refractivity contribution in [2.24, 2.45) is 11.7 Å². The molecule has 5 rings (SSSR count). The van der Waals surface area contributed by atoms with Gasteiger partial charge in [0.1, 0.15) is 18.8 Å². The van der Waals surface area contributed by atoms with Gasteiger partial charge in [0.15, 0.2) is 5.78 Å². The highest BCUT2D eigenvalue weighted by Gasteiger charge is 2.53. The number of nitrogens with two attached hydrogens (primary N) is 1. The predicted octanol–water partition coefficient (Wildman–Crippen LogP) is 3.98. The maximum absolute atomic E-state index is 14.2. The third-order valence-corrected chi connectivity index (χ3v) is 9.20. The van der Waals surface area contributed by atoms with Crippen molar-refractivity contribution in [3.05, 3.63) is 40.0 Å². The summed E-state index contributed by atoms with van der Waals surface area (Å²) in [7, 11) is 0. The lowest BCUT2D eigenvalue weighted by atomic mass is 9.75. The molecule has 2 saturated heterocycles. The monoisotopic (exact) mass is 515 g/mol. The molecule has 0 unspecified atom stereocenters. The Bertz CT molecular complexity index is 1180. The number of halogens is 1. The number of alkyl halides is 1. The van der Waals surface area contributed by atoms with Crippen LogP contribution in [0.4, 0.5) is 0 Å². The second-order valence-corrected chi connectivity index (χ2v) is 11.6. The van der Waals surface area contributed by atoms with E-state index in [1.54, 1.807) is 4.90 Å². The van der Waals surface area contributed by atoms with Gasteiger partial charge in [-0.25, -0.2) is 0 Å². The molecule has 4 heterocycles. The Labute approximate surface area is 214 Å². The van der Waals surface area contributed by atoms with Crippen LogP contribution in [-0.4, -0.2) is 58.2 Å². The van der Waals surface area contributed by atoms with Crippen LogP contribution in [0.25, 0.3) is 10.4 Å². The summed E-state index contributed by atoms with van der Waals surface area (Å²) in [6, 6.07) is 3.30. The number of fused-ring (bicyclic) bond motifs is 1. The highest BCUT2D eigenvalue weighted by Crippen LogP contribution is 2.45. The number of carbonyl (C=O) groups is 3. The fraction of sp³-hybridized carbons (Fsp3) is 0.538. The average Bonchev–Trinajstić information content (AvgIpc) is 3.53. The summed E-state index contributed by atoms with van der Waals surface area (Å²) >= 11 is 7.83. The summed E-state index contributed by atoms with van der Waals surface area (Å²) in [6.07, 6.45) is 6.33. The van der Waals surface area contributed by atoms with Crippen molar-refractivity contribution in [3.63, 3.8) is 0 Å². The number of rotatable bonds is 5. The number of nitrogens with zero attached hydrogens (tertiary/aromatic N) is 2. The molecule has 3 fully saturated rings. The molecule has 7 nitrogen and oxygen atoms in total. The van der Waals surface area contributed by atoms with Crippen LogP contribution in [0.1, 0.15) is 64.5 Å². The van der Waals surface area contributed by atoms with E-state index in [1.165, 1.54) is 11.3 Å². The van der Waals surface area contributed by atoms with Gasteiger partial charge in [-0.3, -0.25) is 19.4 Å². The summed E-state index contributed by atoms with van der Waals surface area (Å²) in [5.41, 5.74) is 9.37. The van der Waals surface area contributed by atoms with Crippen molar-refractivity contribution >= 4 is 40.5 Å². The van der Waals surface area contributed by atoms with Gasteiger partial charge < -0.3 is 15.4 Å². The lowest BCUT2D eigenvalue weighted by Gasteiger charge is -2.34. The maximum Gasteiger partial charge on any atom is 0.259 e. The topological polar surface area (TPSA) is 103 Å². The molecule has 0 spiro atoms. The molecule has 0 bridgehead atoms. The molecule has 2 N–H and O–H groups in total. The van der Waals surface area contributed by atoms with Gasteiger partial charge in [-0.05, 0) is 61.4 Å². The summed E-state index contributed by atoms with van der Waals surface area (Å²) in [5, 5.41) is -0.432. The van der Waals surface area contributed by atoms with Crippen LogP contribution in [-0.2, 0) is 14.3 Å². The second kappa shape index (κ2) is 9.64. The first-order chi connectivity index (χ1) is 16.8. The lowest BCUT2D eigenvalue weighted by Crippen LogP contribution is -2.46. The quantitative estimate of drug-likeness (QED) is 0.607. The molecule has 2 aromatic heterocycles. The SMILES string of the molecule is Cc1cc(-c2cc([C@@H](C(=O)N3C[C@H](Cl)[C@H]4OCC(=O)[C@H]43)C3CCCCC3)c(C(N)=O)s2)c(C)cn1. The van der Waals surface area contributed by atoms with Gasteiger partial charge in [0.25, 0.3) is 5.91 Å². The Kier molecular flexibility index (Phi) is 6.72. The van der Waals surface area contributed by atoms with Crippen LogP contribution >= 0.6 is 22.9 Å². The van der Waals surface area contributed by atoms with Crippen molar-refractivity contribution in [1.29, 1.82) is 0 Å². The Morgan fingerprint density at radius 2 is 1.97 bits per heavy atom. The van der Waals surface area contributed by atoms with E-state index in [1.807, 2.05) is 32.2 Å². The fourth-order valence-corrected chi connectivity index (χ4v) is 7.41. The molecule has 1 aliphatic carbocycles. The zero-order valence-electron chi connectivity index (χ0n) is 20.0. The number of thiophene rings is 1. The van der Waals surface area contributed by atoms with Crippen LogP contribution in [0.3, 0.4) is 0 Å². The minimum absolute atomic E-state index is 0.0216. The number of pyridine rings is 1. The summed E-state index contributed by atoms with van der Waals surface area (Å²) in [5.74, 6) is -1.28. The molecular weight excluding hydrogens is 486 g/mol. The molecule has 4 atom stereocenters. The van der Waals surface area contributed by atoms with Crippen molar-refractivity contribution in [3.8, 4) is 10.4 Å². The molecule has 2 aliphatic heterocycles. The van der Waals surface area contributed by atoms with E-state index in [2.05, 4.69) is 4.98 Å². The minimum atomic E-state index is -0.656. The van der Waals surface area contributed by atoms with Crippen LogP contribution < -0.4 is 5.73 Å². The maximum atomic E-state index is 14.2. The van der Waals surface area contributed by atoms with Gasteiger partial charge in [-0.1, -0.05) is 19.3 Å². The van der Waals surface area contributed by atoms with E-state index >= 15 is 0 Å². The number of Topliss-reactive ketones (excluding diaryl/α,β-unsaturated/α-hetero) is 1. The fourth-order valence-electron chi connectivity index (χ4n) is 5.91. The Hall–Kier alpha value is -2.29. The van der Waals surface area contributed by atoms with Crippen molar-refractivity contribution in [2.75, 3.05) is 13.2 Å². The van der Waals surface area contributed by atoms with E-state index in [4.69, 9.17) is 22.1 Å². The molecule has 35 heavy (non-hydrogen) atoms. The van der Waals surface area contributed by atoms with Crippen LogP contribution in [0.5, 0.6) is 0 Å². The molecule has 2 aromatic rings. The Morgan fingerprint density at radius 1 is 1.23 bits per heavy atom. The van der Waals surface area contributed by atoms with Crippen molar-refractivity contribution in [1.82, 2.24) is 9.88 Å². The number of hydrogen-bond acceptors (Lipinski definition) is 6. The molecule has 3 aliphatic rings. The number of aryl methyl sites for hydroxylation is 2. The first-order valence-corrected chi connectivity index (χ1v) is 13.5. The predicted molar refractivity (Wildman–Crippen MR) is 135 cm³/mol. The first-order valence-electron chi connectivity index (χ1n) is 12.2. The van der Waals surface area contributed by atoms with E-state index in [0.717, 1.165) is 53.8 Å². The molecule has 1 saturated carbocycles. The van der Waals surface area contributed by atoms with Crippen LogP contribution in [0.15, 0.2) is 18.3 Å². The first kappa shape index (κ1) is 24.4. The number of carbonyl (C=O) groups excluding carboxylic acids is 3. The van der Waals surface area contributed by atoms with Gasteiger partial charge in [-0.2, -0.15) is 0 Å². The molecule has 2 amide bonds. The van der Waals surface area contributed by atoms with Gasteiger partial charge in [0.2, 0.25) is 5.91 Å². The zero-order chi connectivity index (χ0) is 24.9. The minimum Gasteiger partial charge on any atom is -0.366 e. The van der Waals surface area contributed by atoms with E-state index in [-0.39, 0.29) is 30.8 Å². The third kappa shape index (κ3) is 4.41. The summed E-state index contributed by atoms with van der Waals surface area (Å²) in [4.78, 5) is 46.8. The molecule has 0 aromatic carbocycles. The number of hydrogen-bond donors (Lipinski definition) is 1. The van der Waals surface area contributed by atoms with Gasteiger partial charge in [0.05, 0.1) is 16.2 Å². The highest BCUT2D eigenvalue weighted by atomic mass is 35.5. The summed E-state index contributed by atoms with van der Waals surface area (Å²) in [6.45, 7) is 4.14. The van der Waals surface area contributed by atoms with Crippen molar-refractivity contribution in [2.45, 2.75) is 69.4 Å². The molecule has 0 radical (unpaired) electrons. The lowest BCUT2D eigenvalue weighted by molar-refractivity contribution is -0.139. The van der Waals surface area contributed by atoms with Crippen LogP contribution in [0.2, 0.25) is 0 Å². The number of primary amides is 1. The molecule has 9 heteroatoms. The average molecular weight is 516 g/mol. The van der Waals surface area contributed by atoms with E-state index < -0.39 is 29.3 Å². The molecular formula is C26H30ClN3O4S. The van der Waals surface area contributed by atoms with Crippen LogP contribution in [0, 0.1) is 19.8 Å². The second-order valence-electron chi connectivity index (χ2n) is 9.97. The van der Waals surface area contributed by atoms with E-state index in [9.17, 15) is 14.4 Å². The standard InChI is InChI=1S/C26H30ClN3O4S/c1-13-10-29-14(2)8-16(13)20-9-17(24(35-20)25(28)32)21(15-6-4-3-5-7-15)26(33)30-11-18(27)23-22(30)19(31)12-34-23/h8-10,15,18,21-23H,3-7,11-12H2,1-2H3,(H2,28,32)/t18-,21-,22+,23+/m0/s1. The number of ketones is 1. The Morgan fingerprint density at radius 3 is 2.69 bits per heavy atom. The number of aromatic nitrogens is 1. The van der Waals surface area contributed by atoms with Gasteiger partial charge in [-0.15, -0.1) is 22.9 Å². The number of likely N-dealkylation sites (tertiary alicyclic amines) is 1. The highest BCUT2D eigenvalue weighted by molar-refractivity contribution is 7.17. The Balaban J connectivity index is 1.60. The number of amides is 2. The third-order valence-electron chi connectivity index (χ3n) is 7.62. The van der Waals surface area contributed by atoms with Gasteiger partial charge >= 0.3 is 0 Å². The normalized spacial score (nSPS) is 25.6. The smallest absolute Gasteiger partial charge is 0.259 e. The molecule has 186 valence electrons. The summed E-state index contributed by atoms with van der Waals surface area (Å²) < 4.78 is 5.61. The zero-order valence-corrected chi connectivity index (χ0v) is 21.5. The van der Waals surface area contributed by atoms with Crippen molar-refractivity contribution < 1.29 is 19.1 Å². The van der Waals surface area contributed by atoms with E-state index in [0.29, 0.717) is 10.4 Å². The largest absolute Gasteiger partial charge is 0.366 e. The number of ether oxygens (including phenoxy) is 1. The van der Waals surface area contributed by atoms with Gasteiger partial charge in [0, 0.05) is 23.3 Å².